The summed E-state index contributed by atoms with van der Waals surface area (Å²) < 4.78 is 8.53. The summed E-state index contributed by atoms with van der Waals surface area (Å²) in [4.78, 5) is 4.14. The third-order valence-corrected chi connectivity index (χ3v) is 6.59. The first-order valence-electron chi connectivity index (χ1n) is 8.30. The van der Waals surface area contributed by atoms with E-state index < -0.39 is 0 Å². The molecule has 0 saturated carbocycles. The van der Waals surface area contributed by atoms with Crippen molar-refractivity contribution >= 4 is 76.9 Å². The molecule has 0 atom stereocenters. The van der Waals surface area contributed by atoms with Crippen molar-refractivity contribution in [1.29, 1.82) is 0 Å². The molecule has 148 valence electrons. The number of fused-ring (bicyclic) bond motifs is 2. The van der Waals surface area contributed by atoms with Crippen LogP contribution in [0.15, 0.2) is 50.1 Å². The first-order chi connectivity index (χ1) is 13.9. The Hall–Kier alpha value is -1.94. The Labute approximate surface area is 191 Å². The molecule has 0 spiro atoms. The summed E-state index contributed by atoms with van der Waals surface area (Å²) in [5.41, 5.74) is 1.79. The van der Waals surface area contributed by atoms with Crippen LogP contribution in [0.2, 0.25) is 10.0 Å². The molecule has 0 radical (unpaired) electrons. The third-order valence-electron chi connectivity index (χ3n) is 4.00. The summed E-state index contributed by atoms with van der Waals surface area (Å²) in [6.07, 6.45) is 3.57. The number of halogens is 4. The highest BCUT2D eigenvalue weighted by Gasteiger charge is 2.10. The molecule has 11 heteroatoms. The van der Waals surface area contributed by atoms with Crippen LogP contribution in [0.4, 0.5) is 0 Å². The first-order valence-corrected chi connectivity index (χ1v) is 10.6. The Morgan fingerprint density at radius 3 is 2.52 bits per heavy atom. The van der Waals surface area contributed by atoms with E-state index in [9.17, 15) is 0 Å². The van der Waals surface area contributed by atoms with E-state index in [0.29, 0.717) is 28.3 Å². The summed E-state index contributed by atoms with van der Waals surface area (Å²) in [5.74, 6) is 1.14. The van der Waals surface area contributed by atoms with Crippen LogP contribution >= 0.6 is 55.1 Å². The van der Waals surface area contributed by atoms with Gasteiger partial charge >= 0.3 is 0 Å². The lowest BCUT2D eigenvalue weighted by Gasteiger charge is -1.94. The summed E-state index contributed by atoms with van der Waals surface area (Å²) in [6, 6.07) is 7.60. The van der Waals surface area contributed by atoms with Gasteiger partial charge in [0, 0.05) is 25.9 Å². The van der Waals surface area contributed by atoms with Crippen molar-refractivity contribution in [3.8, 4) is 0 Å². The van der Waals surface area contributed by atoms with Crippen LogP contribution in [0, 0.1) is 6.92 Å². The van der Waals surface area contributed by atoms with Gasteiger partial charge in [-0.3, -0.25) is 9.78 Å². The molecule has 0 saturated heterocycles. The van der Waals surface area contributed by atoms with Crippen LogP contribution in [-0.4, -0.2) is 30.1 Å². The van der Waals surface area contributed by atoms with E-state index in [1.807, 2.05) is 30.5 Å². The number of hydrogen-bond donors (Lipinski definition) is 1. The molecule has 0 unspecified atom stereocenters. The topological polar surface area (TPSA) is 85.4 Å². The normalized spacial score (nSPS) is 11.1. The fourth-order valence-corrected chi connectivity index (χ4v) is 3.78. The molecule has 0 aliphatic rings. The lowest BCUT2D eigenvalue weighted by Crippen LogP contribution is -2.00. The molecule has 1 N–H and O–H groups in total. The van der Waals surface area contributed by atoms with Gasteiger partial charge in [0.15, 0.2) is 5.82 Å². The predicted octanol–water partition coefficient (Wildman–Crippen LogP) is 6.17. The van der Waals surface area contributed by atoms with Gasteiger partial charge in [0.05, 0.1) is 27.3 Å². The molecule has 29 heavy (non-hydrogen) atoms. The van der Waals surface area contributed by atoms with Gasteiger partial charge in [-0.25, -0.2) is 0 Å². The fourth-order valence-electron chi connectivity index (χ4n) is 2.66. The molecular weight excluding hydrogens is 547 g/mol. The van der Waals surface area contributed by atoms with Crippen molar-refractivity contribution in [2.75, 3.05) is 0 Å². The molecule has 0 aliphatic heterocycles. The maximum Gasteiger partial charge on any atom is 0.248 e. The highest BCUT2D eigenvalue weighted by Crippen LogP contribution is 2.30. The predicted molar refractivity (Wildman–Crippen MR) is 119 cm³/mol. The number of nitrogens with zero attached hydrogens (tertiary/aromatic N) is 5. The lowest BCUT2D eigenvalue weighted by atomic mass is 10.3. The summed E-state index contributed by atoms with van der Waals surface area (Å²) >= 11 is 18.9. The van der Waals surface area contributed by atoms with E-state index in [1.165, 1.54) is 0 Å². The van der Waals surface area contributed by atoms with Crippen molar-refractivity contribution < 1.29 is 4.52 Å². The summed E-state index contributed by atoms with van der Waals surface area (Å²) in [6.45, 7) is 2.21. The van der Waals surface area contributed by atoms with Gasteiger partial charge in [0.2, 0.25) is 5.89 Å². The highest BCUT2D eigenvalue weighted by molar-refractivity contribution is 9.10. The summed E-state index contributed by atoms with van der Waals surface area (Å²) in [5, 5.41) is 18.0. The molecular formula is C18H12Br2Cl2N6O. The zero-order valence-electron chi connectivity index (χ0n) is 14.8. The second kappa shape index (κ2) is 8.43. The zero-order chi connectivity index (χ0) is 20.5. The van der Waals surface area contributed by atoms with E-state index in [1.54, 1.807) is 17.8 Å². The maximum atomic E-state index is 6.19. The van der Waals surface area contributed by atoms with E-state index >= 15 is 0 Å². The molecule has 3 aromatic heterocycles. The number of aromatic nitrogens is 6. The monoisotopic (exact) mass is 556 g/mol. The van der Waals surface area contributed by atoms with Crippen molar-refractivity contribution in [3.05, 3.63) is 67.4 Å². The smallest absolute Gasteiger partial charge is 0.248 e. The molecule has 5 aromatic rings. The number of benzene rings is 2. The SMILES string of the molecule is Cc1noc(Cn2cc3c(Cl)c(Br)ccc3n2)n1.Clc1c(Br)ccc2[nH]ncc12. The van der Waals surface area contributed by atoms with Crippen molar-refractivity contribution in [2.45, 2.75) is 13.5 Å². The van der Waals surface area contributed by atoms with E-state index in [4.69, 9.17) is 27.7 Å². The van der Waals surface area contributed by atoms with E-state index in [2.05, 4.69) is 57.3 Å². The van der Waals surface area contributed by atoms with Gasteiger partial charge in [-0.05, 0) is 63.0 Å². The Kier molecular flexibility index (Phi) is 5.91. The molecule has 2 aromatic carbocycles. The Morgan fingerprint density at radius 1 is 1.07 bits per heavy atom. The van der Waals surface area contributed by atoms with Crippen LogP contribution in [0.1, 0.15) is 11.7 Å². The highest BCUT2D eigenvalue weighted by atomic mass is 79.9. The molecule has 5 rings (SSSR count). The van der Waals surface area contributed by atoms with Crippen LogP contribution < -0.4 is 0 Å². The Balaban J connectivity index is 0.000000159. The van der Waals surface area contributed by atoms with Gasteiger partial charge in [0.25, 0.3) is 0 Å². The second-order valence-corrected chi connectivity index (χ2v) is 8.51. The van der Waals surface area contributed by atoms with Gasteiger partial charge in [-0.15, -0.1) is 0 Å². The maximum absolute atomic E-state index is 6.19. The molecule has 3 heterocycles. The quantitative estimate of drug-likeness (QED) is 0.280. The van der Waals surface area contributed by atoms with Crippen molar-refractivity contribution in [1.82, 2.24) is 30.1 Å². The Bertz CT molecular complexity index is 1310. The van der Waals surface area contributed by atoms with Crippen molar-refractivity contribution in [2.24, 2.45) is 0 Å². The van der Waals surface area contributed by atoms with Crippen LogP contribution in [0.5, 0.6) is 0 Å². The number of hydrogen-bond acceptors (Lipinski definition) is 5. The van der Waals surface area contributed by atoms with Crippen LogP contribution in [-0.2, 0) is 6.54 Å². The molecule has 0 fully saturated rings. The average molecular weight is 559 g/mol. The molecule has 0 aliphatic carbocycles. The van der Waals surface area contributed by atoms with Gasteiger partial charge < -0.3 is 4.52 Å². The number of nitrogens with one attached hydrogen (secondary N) is 1. The average Bonchev–Trinajstić information content (AvgIpc) is 3.42. The lowest BCUT2D eigenvalue weighted by molar-refractivity contribution is 0.363. The van der Waals surface area contributed by atoms with E-state index in [0.717, 1.165) is 30.8 Å². The molecule has 7 nitrogen and oxygen atoms in total. The third kappa shape index (κ3) is 4.32. The number of H-pyrrole nitrogens is 1. The largest absolute Gasteiger partial charge is 0.337 e. The van der Waals surface area contributed by atoms with Crippen molar-refractivity contribution in [3.63, 3.8) is 0 Å². The number of rotatable bonds is 2. The van der Waals surface area contributed by atoms with Gasteiger partial charge in [-0.2, -0.15) is 15.2 Å². The number of aromatic amines is 1. The molecule has 0 amide bonds. The minimum Gasteiger partial charge on any atom is -0.337 e. The standard InChI is InChI=1S/C11H8BrClN4O.C7H4BrClN2/c1-6-14-10(18-16-6)5-17-4-7-9(15-17)3-2-8(12)11(7)13;8-5-1-2-6-4(7(5)9)3-10-11-6/h2-4H,5H2,1H3;1-3H,(H,10,11). The minimum atomic E-state index is 0.434. The second-order valence-electron chi connectivity index (χ2n) is 6.05. The van der Waals surface area contributed by atoms with Gasteiger partial charge in [-0.1, -0.05) is 28.4 Å². The number of aryl methyl sites for hydroxylation is 1. The van der Waals surface area contributed by atoms with Crippen LogP contribution in [0.25, 0.3) is 21.8 Å². The molecule has 0 bridgehead atoms. The van der Waals surface area contributed by atoms with Crippen LogP contribution in [0.3, 0.4) is 0 Å². The first kappa shape index (κ1) is 20.3. The Morgan fingerprint density at radius 2 is 1.79 bits per heavy atom. The minimum absolute atomic E-state index is 0.434. The van der Waals surface area contributed by atoms with E-state index in [-0.39, 0.29) is 0 Å². The fraction of sp³-hybridized carbons (Fsp3) is 0.111. The summed E-state index contributed by atoms with van der Waals surface area (Å²) in [7, 11) is 0. The zero-order valence-corrected chi connectivity index (χ0v) is 19.5. The van der Waals surface area contributed by atoms with Gasteiger partial charge in [0.1, 0.15) is 6.54 Å².